The highest BCUT2D eigenvalue weighted by Gasteiger charge is 2.27. The second kappa shape index (κ2) is 7.62. The van der Waals surface area contributed by atoms with Crippen LogP contribution in [0.15, 0.2) is 36.7 Å². The van der Waals surface area contributed by atoms with Gasteiger partial charge in [0, 0.05) is 42.1 Å². The average molecular weight is 326 g/mol. The molecule has 3 N–H and O–H groups in total. The van der Waals surface area contributed by atoms with Crippen LogP contribution in [0.5, 0.6) is 0 Å². The molecule has 128 valence electrons. The highest BCUT2D eigenvalue weighted by molar-refractivity contribution is 5.93. The number of rotatable bonds is 6. The molecule has 1 aliphatic carbocycles. The maximum Gasteiger partial charge on any atom is 0.227 e. The number of nitrogens with two attached hydrogens (primary N) is 1. The molecule has 0 aliphatic heterocycles. The van der Waals surface area contributed by atoms with E-state index in [9.17, 15) is 4.79 Å². The van der Waals surface area contributed by atoms with Gasteiger partial charge in [0.2, 0.25) is 5.91 Å². The summed E-state index contributed by atoms with van der Waals surface area (Å²) in [5.74, 6) is 1.06. The molecule has 0 bridgehead atoms. The number of hydrogen-bond donors (Lipinski definition) is 2. The van der Waals surface area contributed by atoms with Crippen molar-refractivity contribution in [3.8, 4) is 11.4 Å². The lowest BCUT2D eigenvalue weighted by molar-refractivity contribution is -0.119. The Balaban J connectivity index is 1.72. The monoisotopic (exact) mass is 326 g/mol. The number of nitrogens with one attached hydrogen (secondary N) is 1. The maximum absolute atomic E-state index is 12.4. The normalized spacial score (nSPS) is 20.2. The van der Waals surface area contributed by atoms with Gasteiger partial charge < -0.3 is 15.6 Å². The minimum Gasteiger partial charge on any atom is -0.331 e. The van der Waals surface area contributed by atoms with Gasteiger partial charge in [0.15, 0.2) is 0 Å². The van der Waals surface area contributed by atoms with Crippen LogP contribution in [0.1, 0.15) is 39.0 Å². The number of nitrogens with zero attached hydrogens (tertiary/aromatic N) is 2. The zero-order valence-electron chi connectivity index (χ0n) is 14.2. The van der Waals surface area contributed by atoms with Gasteiger partial charge in [-0.05, 0) is 37.8 Å². The molecule has 1 aliphatic rings. The Morgan fingerprint density at radius 2 is 2.29 bits per heavy atom. The third kappa shape index (κ3) is 3.85. The number of hydrogen-bond acceptors (Lipinski definition) is 3. The molecule has 1 heterocycles. The van der Waals surface area contributed by atoms with Gasteiger partial charge in [0.25, 0.3) is 0 Å². The summed E-state index contributed by atoms with van der Waals surface area (Å²) in [5.41, 5.74) is 7.76. The van der Waals surface area contributed by atoms with E-state index in [1.54, 1.807) is 0 Å². The van der Waals surface area contributed by atoms with E-state index in [2.05, 4.69) is 21.8 Å². The van der Waals surface area contributed by atoms with Crippen molar-refractivity contribution in [1.82, 2.24) is 9.55 Å². The number of aromatic nitrogens is 2. The minimum atomic E-state index is 0.0372. The minimum absolute atomic E-state index is 0.0372. The molecule has 1 aromatic heterocycles. The van der Waals surface area contributed by atoms with Crippen LogP contribution in [0.25, 0.3) is 11.4 Å². The number of benzene rings is 1. The Kier molecular flexibility index (Phi) is 5.30. The average Bonchev–Trinajstić information content (AvgIpc) is 3.22. The standard InChI is InChI=1S/C19H26N4O/c1-2-3-10-23-11-9-21-18(23)14-5-4-6-17(13-14)22-19(24)15-7-8-16(20)12-15/h4-6,9,11,13,15-16H,2-3,7-8,10,12,20H2,1H3,(H,22,24). The molecule has 24 heavy (non-hydrogen) atoms. The molecule has 1 aromatic carbocycles. The van der Waals surface area contributed by atoms with Crippen molar-refractivity contribution in [2.75, 3.05) is 5.32 Å². The van der Waals surface area contributed by atoms with Crippen molar-refractivity contribution in [3.63, 3.8) is 0 Å². The summed E-state index contributed by atoms with van der Waals surface area (Å²) in [6, 6.07) is 8.08. The maximum atomic E-state index is 12.4. The van der Waals surface area contributed by atoms with Crippen molar-refractivity contribution < 1.29 is 4.79 Å². The third-order valence-corrected chi connectivity index (χ3v) is 4.70. The fourth-order valence-corrected chi connectivity index (χ4v) is 3.31. The van der Waals surface area contributed by atoms with Crippen LogP contribution in [-0.4, -0.2) is 21.5 Å². The lowest BCUT2D eigenvalue weighted by Crippen LogP contribution is -2.23. The Bertz CT molecular complexity index is 694. The van der Waals surface area contributed by atoms with Gasteiger partial charge in [-0.1, -0.05) is 25.5 Å². The van der Waals surface area contributed by atoms with Crippen LogP contribution in [0.2, 0.25) is 0 Å². The molecule has 0 radical (unpaired) electrons. The molecule has 2 atom stereocenters. The number of anilines is 1. The first-order chi connectivity index (χ1) is 11.7. The zero-order chi connectivity index (χ0) is 16.9. The predicted molar refractivity (Wildman–Crippen MR) is 96.5 cm³/mol. The molecule has 1 fully saturated rings. The number of amides is 1. The Labute approximate surface area is 143 Å². The predicted octanol–water partition coefficient (Wildman–Crippen LogP) is 3.42. The molecular weight excluding hydrogens is 300 g/mol. The molecule has 5 heteroatoms. The highest BCUT2D eigenvalue weighted by atomic mass is 16.1. The Morgan fingerprint density at radius 1 is 1.42 bits per heavy atom. The van der Waals surface area contributed by atoms with Gasteiger partial charge in [0.05, 0.1) is 0 Å². The Morgan fingerprint density at radius 3 is 3.04 bits per heavy atom. The van der Waals surface area contributed by atoms with Gasteiger partial charge in [-0.15, -0.1) is 0 Å². The number of imidazole rings is 1. The molecule has 3 rings (SSSR count). The van der Waals surface area contributed by atoms with E-state index in [1.807, 2.05) is 36.7 Å². The van der Waals surface area contributed by atoms with E-state index >= 15 is 0 Å². The fraction of sp³-hybridized carbons (Fsp3) is 0.474. The molecule has 0 spiro atoms. The summed E-state index contributed by atoms with van der Waals surface area (Å²) < 4.78 is 2.17. The summed E-state index contributed by atoms with van der Waals surface area (Å²) >= 11 is 0. The van der Waals surface area contributed by atoms with Crippen LogP contribution in [0.3, 0.4) is 0 Å². The Hall–Kier alpha value is -2.14. The number of unbranched alkanes of at least 4 members (excludes halogenated alkanes) is 1. The SMILES string of the molecule is CCCCn1ccnc1-c1cccc(NC(=O)C2CCC(N)C2)c1. The van der Waals surface area contributed by atoms with Crippen molar-refractivity contribution in [2.24, 2.45) is 11.7 Å². The van der Waals surface area contributed by atoms with E-state index in [1.165, 1.54) is 0 Å². The summed E-state index contributed by atoms with van der Waals surface area (Å²) in [6.07, 6.45) is 8.72. The van der Waals surface area contributed by atoms with Crippen LogP contribution >= 0.6 is 0 Å². The zero-order valence-corrected chi connectivity index (χ0v) is 14.2. The molecule has 1 saturated carbocycles. The highest BCUT2D eigenvalue weighted by Crippen LogP contribution is 2.27. The van der Waals surface area contributed by atoms with Gasteiger partial charge in [-0.3, -0.25) is 4.79 Å². The van der Waals surface area contributed by atoms with Crippen molar-refractivity contribution in [2.45, 2.75) is 51.6 Å². The summed E-state index contributed by atoms with van der Waals surface area (Å²) in [7, 11) is 0. The second-order valence-corrected chi connectivity index (χ2v) is 6.64. The van der Waals surface area contributed by atoms with Crippen LogP contribution < -0.4 is 11.1 Å². The summed E-state index contributed by atoms with van der Waals surface area (Å²) in [6.45, 7) is 3.14. The van der Waals surface area contributed by atoms with Crippen molar-refractivity contribution in [1.29, 1.82) is 0 Å². The van der Waals surface area contributed by atoms with E-state index in [-0.39, 0.29) is 17.9 Å². The number of carbonyl (C=O) groups is 1. The van der Waals surface area contributed by atoms with Gasteiger partial charge in [0.1, 0.15) is 5.82 Å². The first-order valence-corrected chi connectivity index (χ1v) is 8.85. The lowest BCUT2D eigenvalue weighted by Gasteiger charge is -2.12. The van der Waals surface area contributed by atoms with E-state index < -0.39 is 0 Å². The number of aryl methyl sites for hydroxylation is 1. The van der Waals surface area contributed by atoms with Crippen molar-refractivity contribution >= 4 is 11.6 Å². The summed E-state index contributed by atoms with van der Waals surface area (Å²) in [5, 5.41) is 3.04. The molecular formula is C19H26N4O. The molecule has 0 saturated heterocycles. The number of carbonyl (C=O) groups excluding carboxylic acids is 1. The second-order valence-electron chi connectivity index (χ2n) is 6.64. The first kappa shape index (κ1) is 16.7. The van der Waals surface area contributed by atoms with E-state index in [0.29, 0.717) is 0 Å². The van der Waals surface area contributed by atoms with Crippen LogP contribution in [-0.2, 0) is 11.3 Å². The lowest BCUT2D eigenvalue weighted by atomic mass is 10.1. The smallest absolute Gasteiger partial charge is 0.227 e. The molecule has 1 amide bonds. The molecule has 2 aromatic rings. The van der Waals surface area contributed by atoms with Gasteiger partial charge in [-0.25, -0.2) is 4.98 Å². The molecule has 2 unspecified atom stereocenters. The van der Waals surface area contributed by atoms with E-state index in [4.69, 9.17) is 5.73 Å². The summed E-state index contributed by atoms with van der Waals surface area (Å²) in [4.78, 5) is 16.9. The first-order valence-electron chi connectivity index (χ1n) is 8.85. The fourth-order valence-electron chi connectivity index (χ4n) is 3.31. The quantitative estimate of drug-likeness (QED) is 0.854. The van der Waals surface area contributed by atoms with Gasteiger partial charge in [-0.2, -0.15) is 0 Å². The van der Waals surface area contributed by atoms with Crippen LogP contribution in [0.4, 0.5) is 5.69 Å². The largest absolute Gasteiger partial charge is 0.331 e. The molecule has 5 nitrogen and oxygen atoms in total. The van der Waals surface area contributed by atoms with Crippen LogP contribution in [0, 0.1) is 5.92 Å². The van der Waals surface area contributed by atoms with Gasteiger partial charge >= 0.3 is 0 Å². The topological polar surface area (TPSA) is 72.9 Å². The van der Waals surface area contributed by atoms with Crippen molar-refractivity contribution in [3.05, 3.63) is 36.7 Å². The van der Waals surface area contributed by atoms with E-state index in [0.717, 1.165) is 55.7 Å². The third-order valence-electron chi connectivity index (χ3n) is 4.70.